The Labute approximate surface area is 202 Å². The number of fused-ring (bicyclic) bond motifs is 1. The van der Waals surface area contributed by atoms with Crippen LogP contribution in [0.25, 0.3) is 11.0 Å². The third kappa shape index (κ3) is 4.72. The summed E-state index contributed by atoms with van der Waals surface area (Å²) in [5, 5.41) is 0. The summed E-state index contributed by atoms with van der Waals surface area (Å²) in [5.41, 5.74) is 3.01. The molecule has 2 heterocycles. The molecule has 0 amide bonds. The monoisotopic (exact) mass is 482 g/mol. The number of methoxy groups -OCH3 is 1. The number of imidazole rings is 1. The Kier molecular flexibility index (Phi) is 6.64. The Balaban J connectivity index is 1.41. The first-order valence-electron chi connectivity index (χ1n) is 12.4. The Hall–Kier alpha value is -2.42. The van der Waals surface area contributed by atoms with Crippen LogP contribution >= 0.6 is 0 Å². The van der Waals surface area contributed by atoms with E-state index in [4.69, 9.17) is 9.72 Å². The molecule has 2 aromatic carbocycles. The molecule has 1 saturated carbocycles. The van der Waals surface area contributed by atoms with Gasteiger partial charge in [0.2, 0.25) is 10.0 Å². The Morgan fingerprint density at radius 3 is 2.41 bits per heavy atom. The number of aromatic nitrogens is 2. The lowest BCUT2D eigenvalue weighted by Crippen LogP contribution is -2.35. The highest BCUT2D eigenvalue weighted by Gasteiger charge is 2.31. The molecule has 1 aliphatic heterocycles. The average Bonchev–Trinajstić information content (AvgIpc) is 3.66. The van der Waals surface area contributed by atoms with Gasteiger partial charge in [0.15, 0.2) is 0 Å². The third-order valence-electron chi connectivity index (χ3n) is 7.02. The highest BCUT2D eigenvalue weighted by molar-refractivity contribution is 7.89. The Morgan fingerprint density at radius 1 is 1.03 bits per heavy atom. The number of aryl methyl sites for hydroxylation is 1. The lowest BCUT2D eigenvalue weighted by molar-refractivity contribution is 0.236. The van der Waals surface area contributed by atoms with Gasteiger partial charge in [-0.15, -0.1) is 0 Å². The lowest BCUT2D eigenvalue weighted by Gasteiger charge is -2.25. The van der Waals surface area contributed by atoms with Crippen LogP contribution in [0.2, 0.25) is 0 Å². The smallest absolute Gasteiger partial charge is 0.243 e. The van der Waals surface area contributed by atoms with Gasteiger partial charge in [-0.3, -0.25) is 4.90 Å². The van der Waals surface area contributed by atoms with Crippen LogP contribution in [0.1, 0.15) is 50.4 Å². The summed E-state index contributed by atoms with van der Waals surface area (Å²) in [7, 11) is -1.79. The number of rotatable bonds is 9. The second-order valence-corrected chi connectivity index (χ2v) is 11.3. The van der Waals surface area contributed by atoms with Gasteiger partial charge < -0.3 is 9.30 Å². The first kappa shape index (κ1) is 23.3. The first-order chi connectivity index (χ1) is 16.5. The maximum absolute atomic E-state index is 13.2. The number of nitrogens with zero attached hydrogens (tertiary/aromatic N) is 4. The average molecular weight is 483 g/mol. The van der Waals surface area contributed by atoms with Gasteiger partial charge in [-0.25, -0.2) is 13.4 Å². The van der Waals surface area contributed by atoms with Gasteiger partial charge in [-0.2, -0.15) is 4.31 Å². The Morgan fingerprint density at radius 2 is 1.76 bits per heavy atom. The quantitative estimate of drug-likeness (QED) is 0.452. The van der Waals surface area contributed by atoms with Crippen LogP contribution in [0.5, 0.6) is 5.75 Å². The second kappa shape index (κ2) is 9.68. The molecule has 0 atom stereocenters. The first-order valence-corrected chi connectivity index (χ1v) is 13.8. The van der Waals surface area contributed by atoms with E-state index < -0.39 is 10.0 Å². The largest absolute Gasteiger partial charge is 0.497 e. The van der Waals surface area contributed by atoms with E-state index in [9.17, 15) is 8.42 Å². The highest BCUT2D eigenvalue weighted by Crippen LogP contribution is 2.31. The van der Waals surface area contributed by atoms with Crippen LogP contribution in [0, 0.1) is 0 Å². The topological polar surface area (TPSA) is 67.7 Å². The zero-order valence-electron chi connectivity index (χ0n) is 20.1. The van der Waals surface area contributed by atoms with E-state index in [0.29, 0.717) is 24.0 Å². The molecule has 5 rings (SSSR count). The molecule has 0 radical (unpaired) electrons. The van der Waals surface area contributed by atoms with Crippen LogP contribution in [0.3, 0.4) is 0 Å². The van der Waals surface area contributed by atoms with Crippen LogP contribution < -0.4 is 4.74 Å². The molecule has 3 aromatic rings. The molecule has 34 heavy (non-hydrogen) atoms. The van der Waals surface area contributed by atoms with Crippen molar-refractivity contribution in [2.24, 2.45) is 0 Å². The summed E-state index contributed by atoms with van der Waals surface area (Å²) in [5.74, 6) is 1.86. The number of benzene rings is 2. The van der Waals surface area contributed by atoms with Gasteiger partial charge >= 0.3 is 0 Å². The molecule has 1 aliphatic carbocycles. The molecular weight excluding hydrogens is 448 g/mol. The summed E-state index contributed by atoms with van der Waals surface area (Å²) >= 11 is 0. The molecule has 0 spiro atoms. The van der Waals surface area contributed by atoms with E-state index in [1.165, 1.54) is 18.4 Å². The number of hydrogen-bond donors (Lipinski definition) is 0. The van der Waals surface area contributed by atoms with Gasteiger partial charge in [-0.1, -0.05) is 18.6 Å². The van der Waals surface area contributed by atoms with Gasteiger partial charge in [0.05, 0.1) is 29.6 Å². The molecule has 0 unspecified atom stereocenters. The number of hydrogen-bond acceptors (Lipinski definition) is 5. The summed E-state index contributed by atoms with van der Waals surface area (Å²) in [4.78, 5) is 7.78. The lowest BCUT2D eigenvalue weighted by atomic mass is 10.2. The van der Waals surface area contributed by atoms with Crippen LogP contribution in [-0.4, -0.2) is 53.4 Å². The van der Waals surface area contributed by atoms with Crippen LogP contribution in [0.4, 0.5) is 0 Å². The second-order valence-electron chi connectivity index (χ2n) is 9.37. The van der Waals surface area contributed by atoms with Crippen molar-refractivity contribution in [1.82, 2.24) is 18.8 Å². The number of ether oxygens (including phenoxy) is 1. The molecule has 2 fully saturated rings. The fraction of sp³-hybridized carbons (Fsp3) is 0.500. The molecular formula is C26H34N4O3S. The van der Waals surface area contributed by atoms with Crippen molar-refractivity contribution >= 4 is 21.1 Å². The maximum atomic E-state index is 13.2. The van der Waals surface area contributed by atoms with E-state index in [-0.39, 0.29) is 0 Å². The summed E-state index contributed by atoms with van der Waals surface area (Å²) in [6, 6.07) is 14.3. The zero-order valence-corrected chi connectivity index (χ0v) is 20.9. The van der Waals surface area contributed by atoms with Crippen LogP contribution in [-0.2, 0) is 29.7 Å². The van der Waals surface area contributed by atoms with Crippen molar-refractivity contribution in [2.45, 2.75) is 69.6 Å². The van der Waals surface area contributed by atoms with Gasteiger partial charge in [0, 0.05) is 32.2 Å². The fourth-order valence-corrected chi connectivity index (χ4v) is 6.49. The summed E-state index contributed by atoms with van der Waals surface area (Å²) < 4.78 is 35.5. The summed E-state index contributed by atoms with van der Waals surface area (Å²) in [6.07, 6.45) is 5.38. The predicted molar refractivity (Wildman–Crippen MR) is 133 cm³/mol. The molecule has 0 N–H and O–H groups in total. The predicted octanol–water partition coefficient (Wildman–Crippen LogP) is 4.40. The minimum Gasteiger partial charge on any atom is -0.497 e. The van der Waals surface area contributed by atoms with Crippen LogP contribution in [0.15, 0.2) is 47.4 Å². The van der Waals surface area contributed by atoms with Crippen molar-refractivity contribution in [3.63, 3.8) is 0 Å². The fourth-order valence-electron chi connectivity index (χ4n) is 4.95. The SMILES string of the molecule is CCn1c(CN(Cc2ccc(OC)cc2)C2CC2)nc2cc(S(=O)(=O)N3CCCCC3)ccc21. The van der Waals surface area contributed by atoms with Crippen molar-refractivity contribution in [3.8, 4) is 5.75 Å². The molecule has 182 valence electrons. The van der Waals surface area contributed by atoms with Crippen molar-refractivity contribution < 1.29 is 13.2 Å². The van der Waals surface area contributed by atoms with E-state index in [0.717, 1.165) is 61.5 Å². The molecule has 7 nitrogen and oxygen atoms in total. The maximum Gasteiger partial charge on any atom is 0.243 e. The normalized spacial score (nSPS) is 17.5. The Bertz CT molecular complexity index is 1240. The molecule has 8 heteroatoms. The van der Waals surface area contributed by atoms with Crippen molar-refractivity contribution in [2.75, 3.05) is 20.2 Å². The zero-order chi connectivity index (χ0) is 23.7. The molecule has 2 aliphatic rings. The van der Waals surface area contributed by atoms with Crippen molar-refractivity contribution in [3.05, 3.63) is 53.9 Å². The molecule has 1 saturated heterocycles. The van der Waals surface area contributed by atoms with E-state index >= 15 is 0 Å². The van der Waals surface area contributed by atoms with E-state index in [2.05, 4.69) is 28.5 Å². The van der Waals surface area contributed by atoms with Gasteiger partial charge in [0.1, 0.15) is 11.6 Å². The number of piperidine rings is 1. The van der Waals surface area contributed by atoms with Gasteiger partial charge in [0.25, 0.3) is 0 Å². The highest BCUT2D eigenvalue weighted by atomic mass is 32.2. The van der Waals surface area contributed by atoms with Gasteiger partial charge in [-0.05, 0) is 68.5 Å². The van der Waals surface area contributed by atoms with Crippen molar-refractivity contribution in [1.29, 1.82) is 0 Å². The minimum absolute atomic E-state index is 0.353. The standard InChI is InChI=1S/C26H34N4O3S/c1-3-30-25-14-13-23(34(31,32)29-15-5-4-6-16-29)17-24(25)27-26(30)19-28(21-9-10-21)18-20-7-11-22(33-2)12-8-20/h7-8,11-14,17,21H,3-6,9-10,15-16,18-19H2,1-2H3. The number of sulfonamides is 1. The molecule has 1 aromatic heterocycles. The minimum atomic E-state index is -3.47. The summed E-state index contributed by atoms with van der Waals surface area (Å²) in [6.45, 7) is 5.73. The van der Waals surface area contributed by atoms with E-state index in [1.54, 1.807) is 23.5 Å². The third-order valence-corrected chi connectivity index (χ3v) is 8.91. The van der Waals surface area contributed by atoms with E-state index in [1.807, 2.05) is 18.2 Å². The molecule has 0 bridgehead atoms.